The van der Waals surface area contributed by atoms with E-state index in [9.17, 15) is 4.79 Å². The van der Waals surface area contributed by atoms with Crippen LogP contribution in [0.4, 0.5) is 0 Å². The number of rotatable bonds is 3. The van der Waals surface area contributed by atoms with E-state index in [-0.39, 0.29) is 5.97 Å². The second-order valence-electron chi connectivity index (χ2n) is 3.07. The molecule has 0 saturated heterocycles. The Balaban J connectivity index is 1.93. The fourth-order valence-electron chi connectivity index (χ4n) is 1.15. The molecule has 2 nitrogen and oxygen atoms in total. The lowest BCUT2D eigenvalue weighted by molar-refractivity contribution is 0.0482. The maximum absolute atomic E-state index is 11.5. The predicted octanol–water partition coefficient (Wildman–Crippen LogP) is 3.48. The first-order valence-corrected chi connectivity index (χ1v) is 6.21. The van der Waals surface area contributed by atoms with Gasteiger partial charge in [-0.2, -0.15) is 0 Å². The highest BCUT2D eigenvalue weighted by molar-refractivity contribution is 7.13. The molecule has 78 valence electrons. The third-order valence-corrected chi connectivity index (χ3v) is 3.70. The molecule has 0 bridgehead atoms. The maximum atomic E-state index is 11.5. The summed E-state index contributed by atoms with van der Waals surface area (Å²) < 4.78 is 5.17. The van der Waals surface area contributed by atoms with Crippen LogP contribution in [0.2, 0.25) is 0 Å². The van der Waals surface area contributed by atoms with Gasteiger partial charge in [0.1, 0.15) is 11.5 Å². The van der Waals surface area contributed by atoms with Crippen LogP contribution < -0.4 is 0 Å². The lowest BCUT2D eigenvalue weighted by atomic mass is 10.4. The fraction of sp³-hybridized carbons (Fsp3) is 0.182. The van der Waals surface area contributed by atoms with Gasteiger partial charge in [-0.1, -0.05) is 6.07 Å². The highest BCUT2D eigenvalue weighted by atomic mass is 32.1. The first-order valence-electron chi connectivity index (χ1n) is 4.51. The number of hydrogen-bond donors (Lipinski definition) is 0. The van der Waals surface area contributed by atoms with Gasteiger partial charge in [0.15, 0.2) is 0 Å². The Hall–Kier alpha value is -1.13. The molecular weight excluding hydrogens is 228 g/mol. The molecule has 0 radical (unpaired) electrons. The summed E-state index contributed by atoms with van der Waals surface area (Å²) in [6, 6.07) is 7.63. The zero-order chi connectivity index (χ0) is 10.7. The zero-order valence-electron chi connectivity index (χ0n) is 8.23. The quantitative estimate of drug-likeness (QED) is 0.765. The van der Waals surface area contributed by atoms with Crippen molar-refractivity contribution in [3.63, 3.8) is 0 Å². The van der Waals surface area contributed by atoms with Crippen LogP contribution in [-0.2, 0) is 11.3 Å². The molecule has 0 aliphatic heterocycles. The molecule has 2 aromatic heterocycles. The Bertz CT molecular complexity index is 443. The van der Waals surface area contributed by atoms with Gasteiger partial charge < -0.3 is 4.74 Å². The van der Waals surface area contributed by atoms with E-state index in [4.69, 9.17) is 4.74 Å². The lowest BCUT2D eigenvalue weighted by Crippen LogP contribution is -2.01. The Morgan fingerprint density at radius 1 is 1.40 bits per heavy atom. The highest BCUT2D eigenvalue weighted by Crippen LogP contribution is 2.17. The van der Waals surface area contributed by atoms with E-state index in [2.05, 4.69) is 0 Å². The van der Waals surface area contributed by atoms with Crippen molar-refractivity contribution in [2.75, 3.05) is 0 Å². The molecule has 0 spiro atoms. The number of aryl methyl sites for hydroxylation is 1. The van der Waals surface area contributed by atoms with Gasteiger partial charge in [0.05, 0.1) is 0 Å². The van der Waals surface area contributed by atoms with E-state index in [0.29, 0.717) is 11.5 Å². The van der Waals surface area contributed by atoms with Gasteiger partial charge in [0, 0.05) is 9.75 Å². The van der Waals surface area contributed by atoms with Crippen molar-refractivity contribution in [3.8, 4) is 0 Å². The van der Waals surface area contributed by atoms with Crippen molar-refractivity contribution < 1.29 is 9.53 Å². The van der Waals surface area contributed by atoms with Gasteiger partial charge in [-0.25, -0.2) is 4.79 Å². The first kappa shape index (κ1) is 10.4. The Morgan fingerprint density at radius 3 is 2.87 bits per heavy atom. The minimum absolute atomic E-state index is 0.235. The molecule has 4 heteroatoms. The molecule has 0 amide bonds. The zero-order valence-corrected chi connectivity index (χ0v) is 9.86. The number of thiophene rings is 2. The van der Waals surface area contributed by atoms with Gasteiger partial charge in [-0.3, -0.25) is 0 Å². The molecule has 0 atom stereocenters. The van der Waals surface area contributed by atoms with E-state index < -0.39 is 0 Å². The van der Waals surface area contributed by atoms with Crippen LogP contribution >= 0.6 is 22.7 Å². The number of carbonyl (C=O) groups is 1. The molecule has 0 N–H and O–H groups in total. The van der Waals surface area contributed by atoms with E-state index in [1.165, 1.54) is 11.3 Å². The third kappa shape index (κ3) is 2.67. The van der Waals surface area contributed by atoms with Crippen LogP contribution in [0.3, 0.4) is 0 Å². The molecule has 2 heterocycles. The fourth-order valence-corrected chi connectivity index (χ4v) is 2.52. The topological polar surface area (TPSA) is 26.3 Å². The van der Waals surface area contributed by atoms with Gasteiger partial charge >= 0.3 is 5.97 Å². The van der Waals surface area contributed by atoms with E-state index in [1.807, 2.05) is 30.5 Å². The van der Waals surface area contributed by atoms with Crippen molar-refractivity contribution in [2.45, 2.75) is 13.5 Å². The summed E-state index contributed by atoms with van der Waals surface area (Å²) in [6.45, 7) is 2.34. The van der Waals surface area contributed by atoms with Crippen molar-refractivity contribution in [2.24, 2.45) is 0 Å². The van der Waals surface area contributed by atoms with E-state index in [0.717, 1.165) is 9.75 Å². The third-order valence-electron chi connectivity index (χ3n) is 1.87. The monoisotopic (exact) mass is 238 g/mol. The number of esters is 1. The molecule has 15 heavy (non-hydrogen) atoms. The molecule has 0 fully saturated rings. The van der Waals surface area contributed by atoms with Crippen LogP contribution in [-0.4, -0.2) is 5.97 Å². The normalized spacial score (nSPS) is 10.2. The van der Waals surface area contributed by atoms with Gasteiger partial charge in [0.2, 0.25) is 0 Å². The van der Waals surface area contributed by atoms with Crippen LogP contribution in [0.15, 0.2) is 29.6 Å². The van der Waals surface area contributed by atoms with Crippen molar-refractivity contribution >= 4 is 28.6 Å². The molecule has 2 aromatic rings. The van der Waals surface area contributed by atoms with Crippen molar-refractivity contribution in [1.82, 2.24) is 0 Å². The van der Waals surface area contributed by atoms with Gasteiger partial charge in [0.25, 0.3) is 0 Å². The number of ether oxygens (including phenoxy) is 1. The molecule has 0 aliphatic rings. The second-order valence-corrected chi connectivity index (χ2v) is 5.39. The van der Waals surface area contributed by atoms with Crippen LogP contribution in [0.25, 0.3) is 0 Å². The summed E-state index contributed by atoms with van der Waals surface area (Å²) in [6.07, 6.45) is 0. The first-order chi connectivity index (χ1) is 7.25. The molecule has 0 saturated carbocycles. The minimum atomic E-state index is -0.235. The standard InChI is InChI=1S/C11H10O2S2/c1-8-4-5-10(15-8)11(12)13-7-9-3-2-6-14-9/h2-6H,7H2,1H3. The van der Waals surface area contributed by atoms with E-state index >= 15 is 0 Å². The largest absolute Gasteiger partial charge is 0.456 e. The predicted molar refractivity (Wildman–Crippen MR) is 62.5 cm³/mol. The average molecular weight is 238 g/mol. The minimum Gasteiger partial charge on any atom is -0.456 e. The van der Waals surface area contributed by atoms with Crippen LogP contribution in [0.1, 0.15) is 19.4 Å². The molecule has 0 aliphatic carbocycles. The Kier molecular flexibility index (Phi) is 3.18. The average Bonchev–Trinajstić information content (AvgIpc) is 2.84. The number of hydrogen-bond acceptors (Lipinski definition) is 4. The highest BCUT2D eigenvalue weighted by Gasteiger charge is 2.09. The molecule has 0 aromatic carbocycles. The lowest BCUT2D eigenvalue weighted by Gasteiger charge is -2.00. The summed E-state index contributed by atoms with van der Waals surface area (Å²) in [7, 11) is 0. The summed E-state index contributed by atoms with van der Waals surface area (Å²) in [5.41, 5.74) is 0. The van der Waals surface area contributed by atoms with Crippen molar-refractivity contribution in [3.05, 3.63) is 44.3 Å². The van der Waals surface area contributed by atoms with E-state index in [1.54, 1.807) is 17.4 Å². The van der Waals surface area contributed by atoms with Crippen molar-refractivity contribution in [1.29, 1.82) is 0 Å². The van der Waals surface area contributed by atoms with Crippen LogP contribution in [0.5, 0.6) is 0 Å². The summed E-state index contributed by atoms with van der Waals surface area (Å²) in [4.78, 5) is 14.4. The Morgan fingerprint density at radius 2 is 2.27 bits per heavy atom. The smallest absolute Gasteiger partial charge is 0.348 e. The van der Waals surface area contributed by atoms with Gasteiger partial charge in [-0.05, 0) is 30.5 Å². The maximum Gasteiger partial charge on any atom is 0.348 e. The van der Waals surface area contributed by atoms with Crippen LogP contribution in [0, 0.1) is 6.92 Å². The molecule has 2 rings (SSSR count). The molecule has 0 unspecified atom stereocenters. The molecular formula is C11H10O2S2. The van der Waals surface area contributed by atoms with Gasteiger partial charge in [-0.15, -0.1) is 22.7 Å². The SMILES string of the molecule is Cc1ccc(C(=O)OCc2cccs2)s1. The Labute approximate surface area is 96.1 Å². The second kappa shape index (κ2) is 4.59. The summed E-state index contributed by atoms with van der Waals surface area (Å²) in [5.74, 6) is -0.235. The number of carbonyl (C=O) groups excluding carboxylic acids is 1. The summed E-state index contributed by atoms with van der Waals surface area (Å²) in [5, 5.41) is 1.97. The summed E-state index contributed by atoms with van der Waals surface area (Å²) >= 11 is 3.05.